The number of carbonyl (C=O) groups excluding carboxylic acids is 3. The fourth-order valence-electron chi connectivity index (χ4n) is 1.10. The third kappa shape index (κ3) is 2.50. The minimum Gasteiger partial charge on any atom is -0.319 e. The lowest BCUT2D eigenvalue weighted by molar-refractivity contribution is -0.274. The minimum atomic E-state index is -6.07. The van der Waals surface area contributed by atoms with Crippen molar-refractivity contribution in [3.63, 3.8) is 0 Å². The first kappa shape index (κ1) is 13.3. The maximum atomic E-state index is 12.6. The van der Waals surface area contributed by atoms with Crippen molar-refractivity contribution in [1.29, 1.82) is 0 Å². The van der Waals surface area contributed by atoms with Gasteiger partial charge in [-0.2, -0.15) is 22.0 Å². The van der Waals surface area contributed by atoms with Crippen molar-refractivity contribution >= 4 is 17.7 Å². The van der Waals surface area contributed by atoms with Crippen LogP contribution >= 0.6 is 0 Å². The summed E-state index contributed by atoms with van der Waals surface area (Å²) in [6, 6.07) is 0. The van der Waals surface area contributed by atoms with Gasteiger partial charge >= 0.3 is 18.0 Å². The highest BCUT2D eigenvalue weighted by Gasteiger charge is 2.65. The van der Waals surface area contributed by atoms with Crippen molar-refractivity contribution < 1.29 is 36.3 Å². The van der Waals surface area contributed by atoms with Crippen LogP contribution in [0.5, 0.6) is 0 Å². The summed E-state index contributed by atoms with van der Waals surface area (Å²) in [6.45, 7) is -2.04. The maximum absolute atomic E-state index is 12.6. The molecule has 17 heavy (non-hydrogen) atoms. The van der Waals surface area contributed by atoms with Crippen LogP contribution in [0.1, 0.15) is 0 Å². The van der Waals surface area contributed by atoms with E-state index in [2.05, 4.69) is 0 Å². The molecule has 0 aliphatic carbocycles. The molecule has 10 heteroatoms. The van der Waals surface area contributed by atoms with E-state index in [4.69, 9.17) is 0 Å². The number of alkyl halides is 5. The molecule has 0 aromatic carbocycles. The molecular formula is C7H5F5N2O3. The third-order valence-electron chi connectivity index (χ3n) is 1.86. The Labute approximate surface area is 90.5 Å². The van der Waals surface area contributed by atoms with Crippen molar-refractivity contribution in [3.05, 3.63) is 0 Å². The van der Waals surface area contributed by atoms with E-state index >= 15 is 0 Å². The molecule has 1 N–H and O–H groups in total. The average Bonchev–Trinajstić information content (AvgIpc) is 2.13. The van der Waals surface area contributed by atoms with Gasteiger partial charge in [0, 0.05) is 0 Å². The van der Waals surface area contributed by atoms with Gasteiger partial charge in [-0.15, -0.1) is 0 Å². The normalized spacial score (nSPS) is 18.1. The molecule has 0 atom stereocenters. The Balaban J connectivity index is 2.90. The van der Waals surface area contributed by atoms with Crippen LogP contribution < -0.4 is 5.32 Å². The van der Waals surface area contributed by atoms with Crippen molar-refractivity contribution in [3.8, 4) is 0 Å². The van der Waals surface area contributed by atoms with Gasteiger partial charge in [0.2, 0.25) is 11.8 Å². The molecule has 3 amide bonds. The summed E-state index contributed by atoms with van der Waals surface area (Å²) in [5.41, 5.74) is 0. The molecule has 0 radical (unpaired) electrons. The first-order valence-corrected chi connectivity index (χ1v) is 4.12. The Morgan fingerprint density at radius 2 is 1.47 bits per heavy atom. The fourth-order valence-corrected chi connectivity index (χ4v) is 1.10. The fraction of sp³-hybridized carbons (Fsp3) is 0.571. The van der Waals surface area contributed by atoms with Crippen LogP contribution in [0.15, 0.2) is 0 Å². The zero-order chi connectivity index (χ0) is 13.4. The van der Waals surface area contributed by atoms with Crippen LogP contribution in [0.25, 0.3) is 0 Å². The highest BCUT2D eigenvalue weighted by atomic mass is 19.4. The summed E-state index contributed by atoms with van der Waals surface area (Å²) in [5, 5.41) is 1.66. The largest absolute Gasteiger partial charge is 0.463 e. The van der Waals surface area contributed by atoms with Crippen LogP contribution in [0.2, 0.25) is 0 Å². The van der Waals surface area contributed by atoms with Gasteiger partial charge in [-0.3, -0.25) is 19.7 Å². The Morgan fingerprint density at radius 1 is 1.06 bits per heavy atom. The second kappa shape index (κ2) is 3.93. The Kier molecular flexibility index (Phi) is 3.08. The summed E-state index contributed by atoms with van der Waals surface area (Å²) < 4.78 is 60.8. The second-order valence-corrected chi connectivity index (χ2v) is 3.20. The molecular weight excluding hydrogens is 255 g/mol. The maximum Gasteiger partial charge on any atom is 0.463 e. The van der Waals surface area contributed by atoms with E-state index in [0.717, 1.165) is 0 Å². The van der Waals surface area contributed by atoms with Gasteiger partial charge in [0.25, 0.3) is 0 Å². The topological polar surface area (TPSA) is 66.5 Å². The summed E-state index contributed by atoms with van der Waals surface area (Å²) in [6.07, 6.45) is -6.07. The van der Waals surface area contributed by atoms with E-state index in [9.17, 15) is 36.3 Å². The summed E-state index contributed by atoms with van der Waals surface area (Å²) >= 11 is 0. The van der Waals surface area contributed by atoms with Crippen molar-refractivity contribution in [2.24, 2.45) is 0 Å². The molecule has 5 nitrogen and oxygen atoms in total. The van der Waals surface area contributed by atoms with E-state index in [1.54, 1.807) is 5.32 Å². The monoisotopic (exact) mass is 260 g/mol. The molecule has 1 aliphatic heterocycles. The molecule has 1 heterocycles. The molecule has 0 aromatic heterocycles. The molecule has 96 valence electrons. The Bertz CT molecular complexity index is 362. The molecule has 1 fully saturated rings. The molecule has 0 unspecified atom stereocenters. The number of nitrogens with one attached hydrogen (secondary N) is 1. The molecule has 1 rings (SSSR count). The van der Waals surface area contributed by atoms with Crippen molar-refractivity contribution in [1.82, 2.24) is 10.2 Å². The Hall–Kier alpha value is -1.74. The first-order valence-electron chi connectivity index (χ1n) is 4.12. The number of imide groups is 1. The van der Waals surface area contributed by atoms with Crippen LogP contribution in [0.4, 0.5) is 22.0 Å². The highest BCUT2D eigenvalue weighted by molar-refractivity contribution is 6.03. The standard InChI is InChI=1S/C7H5F5N2O3/c8-6(9,7(10,11)12)5(17)14-1-3(15)13-4(16)2-14/h1-2H2,(H,13,15,16). The van der Waals surface area contributed by atoms with Crippen LogP contribution in [0.3, 0.4) is 0 Å². The SMILES string of the molecule is O=C1CN(C(=O)C(F)(F)C(F)(F)F)CC(=O)N1. The summed E-state index contributed by atoms with van der Waals surface area (Å²) in [4.78, 5) is 32.2. The second-order valence-electron chi connectivity index (χ2n) is 3.20. The smallest absolute Gasteiger partial charge is 0.319 e. The predicted molar refractivity (Wildman–Crippen MR) is 40.7 cm³/mol. The van der Waals surface area contributed by atoms with Gasteiger partial charge in [0.1, 0.15) is 13.1 Å². The molecule has 0 aromatic rings. The van der Waals surface area contributed by atoms with Gasteiger partial charge < -0.3 is 4.90 Å². The lowest BCUT2D eigenvalue weighted by Crippen LogP contribution is -2.59. The van der Waals surface area contributed by atoms with Crippen molar-refractivity contribution in [2.75, 3.05) is 13.1 Å². The van der Waals surface area contributed by atoms with Gasteiger partial charge in [0.05, 0.1) is 0 Å². The number of hydrogen-bond acceptors (Lipinski definition) is 3. The van der Waals surface area contributed by atoms with E-state index in [1.165, 1.54) is 0 Å². The average molecular weight is 260 g/mol. The predicted octanol–water partition coefficient (Wildman–Crippen LogP) is -0.331. The van der Waals surface area contributed by atoms with Crippen molar-refractivity contribution in [2.45, 2.75) is 12.1 Å². The minimum absolute atomic E-state index is 0.144. The molecule has 0 saturated carbocycles. The number of halogens is 5. The third-order valence-corrected chi connectivity index (χ3v) is 1.86. The highest BCUT2D eigenvalue weighted by Crippen LogP contribution is 2.36. The number of piperazine rings is 1. The summed E-state index contributed by atoms with van der Waals surface area (Å²) in [5.74, 6) is -10.5. The number of nitrogens with zero attached hydrogens (tertiary/aromatic N) is 1. The molecule has 0 bridgehead atoms. The summed E-state index contributed by atoms with van der Waals surface area (Å²) in [7, 11) is 0. The quantitative estimate of drug-likeness (QED) is 0.518. The van der Waals surface area contributed by atoms with E-state index in [-0.39, 0.29) is 4.90 Å². The number of amides is 3. The molecule has 1 saturated heterocycles. The van der Waals surface area contributed by atoms with Crippen LogP contribution in [-0.4, -0.2) is 47.8 Å². The lowest BCUT2D eigenvalue weighted by Gasteiger charge is -2.29. The van der Waals surface area contributed by atoms with Gasteiger partial charge in [-0.05, 0) is 0 Å². The van der Waals surface area contributed by atoms with E-state index in [0.29, 0.717) is 0 Å². The zero-order valence-corrected chi connectivity index (χ0v) is 7.98. The first-order chi connectivity index (χ1) is 7.55. The van der Waals surface area contributed by atoms with E-state index < -0.39 is 42.9 Å². The Morgan fingerprint density at radius 3 is 1.82 bits per heavy atom. The zero-order valence-electron chi connectivity index (χ0n) is 7.98. The number of hydrogen-bond donors (Lipinski definition) is 1. The van der Waals surface area contributed by atoms with Gasteiger partial charge in [-0.25, -0.2) is 0 Å². The van der Waals surface area contributed by atoms with E-state index in [1.807, 2.05) is 0 Å². The number of rotatable bonds is 1. The number of carbonyl (C=O) groups is 3. The van der Waals surface area contributed by atoms with Gasteiger partial charge in [-0.1, -0.05) is 0 Å². The van der Waals surface area contributed by atoms with Crippen LogP contribution in [0, 0.1) is 0 Å². The lowest BCUT2D eigenvalue weighted by atomic mass is 10.2. The van der Waals surface area contributed by atoms with Crippen LogP contribution in [-0.2, 0) is 14.4 Å². The molecule has 0 spiro atoms. The van der Waals surface area contributed by atoms with Gasteiger partial charge in [0.15, 0.2) is 0 Å². The molecule has 1 aliphatic rings.